The molecular weight excluding hydrogens is 452 g/mol. The van der Waals surface area contributed by atoms with Crippen LogP contribution in [0.5, 0.6) is 0 Å². The Balaban J connectivity index is 0. The molecule has 0 amide bonds. The molecule has 33 heavy (non-hydrogen) atoms. The van der Waals surface area contributed by atoms with Crippen LogP contribution in [0.3, 0.4) is 0 Å². The summed E-state index contributed by atoms with van der Waals surface area (Å²) in [6.45, 7) is 5.45. The van der Waals surface area contributed by atoms with E-state index in [1.807, 2.05) is 0 Å². The van der Waals surface area contributed by atoms with Gasteiger partial charge in [0, 0.05) is 34.3 Å². The van der Waals surface area contributed by atoms with Crippen LogP contribution < -0.4 is 17.7 Å². The molecule has 0 aliphatic rings. The Bertz CT molecular complexity index is 391. The third-order valence-electron chi connectivity index (χ3n) is 6.79. The van der Waals surface area contributed by atoms with Crippen LogP contribution in [0.4, 0.5) is 0 Å². The van der Waals surface area contributed by atoms with Gasteiger partial charge >= 0.3 is 8.97 Å². The monoisotopic (exact) mass is 510 g/mol. The second-order valence-corrected chi connectivity index (χ2v) is 13.4. The molecule has 0 aliphatic heterocycles. The third-order valence-corrected chi connectivity index (χ3v) is 10.0. The number of hydrogen-bond acceptors (Lipinski definition) is 4. The predicted octanol–water partition coefficient (Wildman–Crippen LogP) is 3.68. The highest BCUT2D eigenvalue weighted by Gasteiger charge is 2.59. The van der Waals surface area contributed by atoms with Crippen LogP contribution in [0.1, 0.15) is 116 Å². The summed E-state index contributed by atoms with van der Waals surface area (Å²) in [5.41, 5.74) is 0. The summed E-state index contributed by atoms with van der Waals surface area (Å²) in [5.74, 6) is 0. The topological polar surface area (TPSA) is 39.7 Å². The first-order chi connectivity index (χ1) is 15.5. The molecule has 0 rings (SSSR count). The second kappa shape index (κ2) is 24.0. The fourth-order valence-corrected chi connectivity index (χ4v) is 7.07. The quantitative estimate of drug-likeness (QED) is 0.150. The van der Waals surface area contributed by atoms with E-state index in [1.165, 1.54) is 103 Å². The predicted molar refractivity (Wildman–Crippen MR) is 141 cm³/mol. The van der Waals surface area contributed by atoms with E-state index < -0.39 is 8.97 Å². The van der Waals surface area contributed by atoms with Gasteiger partial charge in [0.2, 0.25) is 0 Å². The van der Waals surface area contributed by atoms with E-state index in [4.69, 9.17) is 13.3 Å². The second-order valence-electron chi connectivity index (χ2n) is 9.95. The molecule has 0 saturated carbocycles. The highest BCUT2D eigenvalue weighted by Crippen LogP contribution is 2.19. The zero-order valence-corrected chi connectivity index (χ0v) is 24.9. The lowest BCUT2D eigenvalue weighted by Gasteiger charge is -2.39. The molecule has 0 unspecified atom stereocenters. The number of nitrogens with one attached hydrogen (secondary N) is 1. The molecule has 0 fully saturated rings. The molecule has 0 aromatic rings. The molecule has 1 N–H and O–H groups in total. The third kappa shape index (κ3) is 17.4. The summed E-state index contributed by atoms with van der Waals surface area (Å²) in [6.07, 6.45) is 23.9. The Morgan fingerprint density at radius 1 is 0.545 bits per heavy atom. The van der Waals surface area contributed by atoms with Crippen molar-refractivity contribution in [1.29, 1.82) is 0 Å². The van der Waals surface area contributed by atoms with Gasteiger partial charge in [-0.3, -0.25) is 0 Å². The van der Waals surface area contributed by atoms with Gasteiger partial charge in [0.1, 0.15) is 0 Å². The maximum absolute atomic E-state index is 5.64. The van der Waals surface area contributed by atoms with Gasteiger partial charge in [0.05, 0.1) is 20.6 Å². The van der Waals surface area contributed by atoms with Crippen molar-refractivity contribution in [2.45, 2.75) is 116 Å². The summed E-state index contributed by atoms with van der Waals surface area (Å²) in [4.78, 5) is 0. The maximum Gasteiger partial charge on any atom is 0.783 e. The Labute approximate surface area is 215 Å². The van der Waals surface area contributed by atoms with Gasteiger partial charge in [-0.1, -0.05) is 103 Å². The zero-order valence-electron chi connectivity index (χ0n) is 23.2. The smallest absolute Gasteiger partial charge is 0.783 e. The maximum atomic E-state index is 5.64. The van der Waals surface area contributed by atoms with E-state index in [1.54, 1.807) is 21.3 Å². The first-order valence-electron chi connectivity index (χ1n) is 13.7. The molecule has 0 aromatic carbocycles. The summed E-state index contributed by atoms with van der Waals surface area (Å²) < 4.78 is 17.6. The van der Waals surface area contributed by atoms with Crippen LogP contribution in [0.15, 0.2) is 0 Å². The molecule has 0 radical (unpaired) electrons. The standard InChI is InChI=1S/C26H59N2O3Si.ClH/c1-7-8-9-10-11-12-13-14-15-16-17-18-19-20-21-22-24-27-25-23-26-28(2,3)32(29-4,30-5)31-6;/h27H,7-26H2,1-6H3;1H/q+1;/p-1. The Hall–Kier alpha value is 0.307. The summed E-state index contributed by atoms with van der Waals surface area (Å²) >= 11 is 0. The first kappa shape index (κ1) is 35.5. The average Bonchev–Trinajstić information content (AvgIpc) is 2.79. The minimum Gasteiger partial charge on any atom is -1.00 e. The highest BCUT2D eigenvalue weighted by molar-refractivity contribution is 6.52. The molecule has 7 heteroatoms. The summed E-state index contributed by atoms with van der Waals surface area (Å²) in [5, 5.41) is 3.60. The molecule has 0 aliphatic carbocycles. The molecule has 0 heterocycles. The lowest BCUT2D eigenvalue weighted by atomic mass is 10.0. The minimum atomic E-state index is -2.65. The van der Waals surface area contributed by atoms with Crippen LogP contribution in [-0.4, -0.2) is 68.2 Å². The Kier molecular flexibility index (Phi) is 25.8. The van der Waals surface area contributed by atoms with Gasteiger partial charge in [0.25, 0.3) is 0 Å². The fourth-order valence-electron chi connectivity index (χ4n) is 4.65. The van der Waals surface area contributed by atoms with Crippen molar-refractivity contribution >= 4 is 8.97 Å². The lowest BCUT2D eigenvalue weighted by molar-refractivity contribution is -0.819. The van der Waals surface area contributed by atoms with Gasteiger partial charge in [-0.15, -0.1) is 0 Å². The first-order valence-corrected chi connectivity index (χ1v) is 15.4. The van der Waals surface area contributed by atoms with Crippen LogP contribution in [0, 0.1) is 0 Å². The van der Waals surface area contributed by atoms with Crippen molar-refractivity contribution in [3.05, 3.63) is 0 Å². The molecule has 0 aromatic heterocycles. The van der Waals surface area contributed by atoms with Gasteiger partial charge in [0.15, 0.2) is 0 Å². The number of halogens is 1. The van der Waals surface area contributed by atoms with Crippen molar-refractivity contribution in [1.82, 2.24) is 5.32 Å². The van der Waals surface area contributed by atoms with Gasteiger partial charge in [-0.2, -0.15) is 0 Å². The summed E-state index contributed by atoms with van der Waals surface area (Å²) in [7, 11) is 6.69. The molecule has 0 bridgehead atoms. The summed E-state index contributed by atoms with van der Waals surface area (Å²) in [6, 6.07) is 0. The number of rotatable bonds is 25. The van der Waals surface area contributed by atoms with Crippen molar-refractivity contribution in [2.75, 3.05) is 55.1 Å². The minimum absolute atomic E-state index is 0. The molecule has 5 nitrogen and oxygen atoms in total. The molecule has 202 valence electrons. The Morgan fingerprint density at radius 3 is 1.24 bits per heavy atom. The van der Waals surface area contributed by atoms with Gasteiger partial charge in [-0.25, -0.2) is 0 Å². The molecule has 0 atom stereocenters. The van der Waals surface area contributed by atoms with E-state index in [0.717, 1.165) is 26.1 Å². The lowest BCUT2D eigenvalue weighted by Crippen LogP contribution is -3.00. The Morgan fingerprint density at radius 2 is 0.879 bits per heavy atom. The zero-order chi connectivity index (χ0) is 24.0. The van der Waals surface area contributed by atoms with Gasteiger partial charge in [-0.05, 0) is 13.0 Å². The fraction of sp³-hybridized carbons (Fsp3) is 1.00. The average molecular weight is 511 g/mol. The van der Waals surface area contributed by atoms with E-state index in [-0.39, 0.29) is 12.4 Å². The number of unbranched alkanes of at least 4 members (excludes halogenated alkanes) is 15. The highest BCUT2D eigenvalue weighted by atomic mass is 35.5. The van der Waals surface area contributed by atoms with Gasteiger partial charge < -0.3 is 35.2 Å². The van der Waals surface area contributed by atoms with Crippen LogP contribution in [0.2, 0.25) is 0 Å². The van der Waals surface area contributed by atoms with Crippen LogP contribution >= 0.6 is 0 Å². The normalized spacial score (nSPS) is 12.2. The molecule has 0 spiro atoms. The van der Waals surface area contributed by atoms with Crippen molar-refractivity contribution in [3.8, 4) is 0 Å². The number of nitrogens with zero attached hydrogens (tertiary/aromatic N) is 1. The molecular formula is C26H59ClN2O3Si. The van der Waals surface area contributed by atoms with E-state index in [0.29, 0.717) is 4.15 Å². The van der Waals surface area contributed by atoms with Crippen LogP contribution in [-0.2, 0) is 13.3 Å². The van der Waals surface area contributed by atoms with Crippen molar-refractivity contribution in [3.63, 3.8) is 0 Å². The van der Waals surface area contributed by atoms with E-state index >= 15 is 0 Å². The molecule has 0 saturated heterocycles. The van der Waals surface area contributed by atoms with E-state index in [2.05, 4.69) is 26.3 Å². The van der Waals surface area contributed by atoms with E-state index in [9.17, 15) is 0 Å². The number of quaternary nitrogens is 1. The largest absolute Gasteiger partial charge is 1.00 e. The van der Waals surface area contributed by atoms with Crippen LogP contribution in [0.25, 0.3) is 0 Å². The van der Waals surface area contributed by atoms with Crippen molar-refractivity contribution in [2.24, 2.45) is 0 Å². The SMILES string of the molecule is CCCCCCCCCCCCCCCCCCNCCC[N+](C)(C)[Si](OC)(OC)OC.[Cl-]. The van der Waals surface area contributed by atoms with Crippen molar-refractivity contribution < 1.29 is 29.8 Å². The number of hydrogen-bond donors (Lipinski definition) is 1.